The average Bonchev–Trinajstić information content (AvgIpc) is 3.07. The van der Waals surface area contributed by atoms with Crippen molar-refractivity contribution in [2.24, 2.45) is 0 Å². The maximum Gasteiger partial charge on any atom is 0.266 e. The fourth-order valence-corrected chi connectivity index (χ4v) is 3.81. The quantitative estimate of drug-likeness (QED) is 0.405. The second kappa shape index (κ2) is 9.67. The molecule has 4 amide bonds. The lowest BCUT2D eigenvalue weighted by Gasteiger charge is -2.16. The molecular formula is C25H20ClN3O4. The van der Waals surface area contributed by atoms with Crippen LogP contribution in [0.3, 0.4) is 0 Å². The van der Waals surface area contributed by atoms with Gasteiger partial charge in [0.05, 0.1) is 21.8 Å². The van der Waals surface area contributed by atoms with E-state index in [-0.39, 0.29) is 28.9 Å². The number of nitrogens with zero attached hydrogens (tertiary/aromatic N) is 1. The molecule has 2 N–H and O–H groups in total. The van der Waals surface area contributed by atoms with Crippen molar-refractivity contribution in [2.45, 2.75) is 12.8 Å². The summed E-state index contributed by atoms with van der Waals surface area (Å²) in [6.45, 7) is 0.362. The van der Waals surface area contributed by atoms with Gasteiger partial charge in [-0.1, -0.05) is 41.9 Å². The van der Waals surface area contributed by atoms with E-state index in [2.05, 4.69) is 10.6 Å². The highest BCUT2D eigenvalue weighted by Gasteiger charge is 2.37. The van der Waals surface area contributed by atoms with Crippen LogP contribution in [0.2, 0.25) is 5.02 Å². The largest absolute Gasteiger partial charge is 0.352 e. The Kier molecular flexibility index (Phi) is 6.51. The maximum atomic E-state index is 12.7. The number of hydrogen-bond donors (Lipinski definition) is 2. The number of carbonyl (C=O) groups excluding carboxylic acids is 4. The third-order valence-electron chi connectivity index (χ3n) is 5.17. The Morgan fingerprint density at radius 1 is 0.848 bits per heavy atom. The van der Waals surface area contributed by atoms with E-state index in [0.717, 1.165) is 4.90 Å². The van der Waals surface area contributed by atoms with Crippen molar-refractivity contribution in [3.63, 3.8) is 0 Å². The smallest absolute Gasteiger partial charge is 0.266 e. The normalized spacial score (nSPS) is 12.5. The summed E-state index contributed by atoms with van der Waals surface area (Å²) in [5, 5.41) is 5.67. The van der Waals surface area contributed by atoms with Crippen LogP contribution in [0, 0.1) is 0 Å². The number of fused-ring (bicyclic) bond motifs is 1. The summed E-state index contributed by atoms with van der Waals surface area (Å²) in [6.07, 6.45) is 0.665. The molecule has 0 spiro atoms. The van der Waals surface area contributed by atoms with Gasteiger partial charge in [0.1, 0.15) is 0 Å². The third-order valence-corrected chi connectivity index (χ3v) is 5.47. The van der Waals surface area contributed by atoms with Gasteiger partial charge in [-0.05, 0) is 48.9 Å². The van der Waals surface area contributed by atoms with Crippen LogP contribution in [0.15, 0.2) is 72.8 Å². The third kappa shape index (κ3) is 4.78. The van der Waals surface area contributed by atoms with Gasteiger partial charge in [-0.2, -0.15) is 0 Å². The van der Waals surface area contributed by atoms with E-state index < -0.39 is 11.8 Å². The topological polar surface area (TPSA) is 95.6 Å². The predicted molar refractivity (Wildman–Crippen MR) is 126 cm³/mol. The molecule has 7 nitrogen and oxygen atoms in total. The van der Waals surface area contributed by atoms with Gasteiger partial charge in [-0.3, -0.25) is 19.2 Å². The summed E-state index contributed by atoms with van der Waals surface area (Å²) in [5.74, 6) is -1.31. The van der Waals surface area contributed by atoms with Crippen LogP contribution < -0.4 is 15.5 Å². The van der Waals surface area contributed by atoms with Crippen LogP contribution in [-0.4, -0.2) is 30.2 Å². The Hall–Kier alpha value is -3.97. The lowest BCUT2D eigenvalue weighted by Crippen LogP contribution is -2.29. The van der Waals surface area contributed by atoms with Crippen LogP contribution in [0.25, 0.3) is 0 Å². The molecule has 8 heteroatoms. The van der Waals surface area contributed by atoms with Gasteiger partial charge in [0, 0.05) is 24.2 Å². The minimum atomic E-state index is -0.438. The molecule has 0 radical (unpaired) electrons. The van der Waals surface area contributed by atoms with Gasteiger partial charge in [-0.15, -0.1) is 0 Å². The number of rotatable bonds is 7. The fraction of sp³-hybridized carbons (Fsp3) is 0.120. The van der Waals surface area contributed by atoms with Gasteiger partial charge in [0.2, 0.25) is 5.91 Å². The van der Waals surface area contributed by atoms with Gasteiger partial charge in [0.25, 0.3) is 17.7 Å². The second-order valence-corrected chi connectivity index (χ2v) is 7.84. The Balaban J connectivity index is 1.31. The first-order valence-electron chi connectivity index (χ1n) is 10.4. The lowest BCUT2D eigenvalue weighted by atomic mass is 10.1. The molecule has 166 valence electrons. The van der Waals surface area contributed by atoms with E-state index in [9.17, 15) is 19.2 Å². The summed E-state index contributed by atoms with van der Waals surface area (Å²) >= 11 is 6.34. The van der Waals surface area contributed by atoms with Crippen LogP contribution >= 0.6 is 11.6 Å². The molecule has 3 aromatic carbocycles. The van der Waals surface area contributed by atoms with Gasteiger partial charge in [0.15, 0.2) is 0 Å². The van der Waals surface area contributed by atoms with E-state index in [4.69, 9.17) is 11.6 Å². The van der Waals surface area contributed by atoms with Crippen molar-refractivity contribution in [3.05, 3.63) is 94.5 Å². The lowest BCUT2D eigenvalue weighted by molar-refractivity contribution is -0.116. The molecule has 33 heavy (non-hydrogen) atoms. The molecule has 0 atom stereocenters. The zero-order valence-electron chi connectivity index (χ0n) is 17.5. The first kappa shape index (κ1) is 22.2. The molecule has 4 rings (SSSR count). The Labute approximate surface area is 195 Å². The van der Waals surface area contributed by atoms with E-state index in [1.807, 2.05) is 6.07 Å². The van der Waals surface area contributed by atoms with E-state index in [0.29, 0.717) is 35.3 Å². The molecule has 0 saturated heterocycles. The summed E-state index contributed by atoms with van der Waals surface area (Å²) < 4.78 is 0. The number of carbonyl (C=O) groups is 4. The molecule has 0 saturated carbocycles. The molecular weight excluding hydrogens is 442 g/mol. The number of hydrogen-bond acceptors (Lipinski definition) is 4. The number of amides is 4. The Morgan fingerprint density at radius 2 is 1.48 bits per heavy atom. The first-order valence-corrected chi connectivity index (χ1v) is 10.7. The highest BCUT2D eigenvalue weighted by Crippen LogP contribution is 2.34. The van der Waals surface area contributed by atoms with E-state index in [1.54, 1.807) is 54.6 Å². The van der Waals surface area contributed by atoms with Gasteiger partial charge >= 0.3 is 0 Å². The number of imide groups is 1. The molecule has 0 aromatic heterocycles. The minimum absolute atomic E-state index is 0.164. The highest BCUT2D eigenvalue weighted by atomic mass is 35.5. The first-order chi connectivity index (χ1) is 16.0. The van der Waals surface area contributed by atoms with Crippen molar-refractivity contribution in [3.8, 4) is 0 Å². The van der Waals surface area contributed by atoms with Crippen LogP contribution in [0.5, 0.6) is 0 Å². The average molecular weight is 462 g/mol. The van der Waals surface area contributed by atoms with Crippen LogP contribution in [0.4, 0.5) is 11.4 Å². The monoisotopic (exact) mass is 461 g/mol. The van der Waals surface area contributed by atoms with Gasteiger partial charge < -0.3 is 10.6 Å². The van der Waals surface area contributed by atoms with Crippen molar-refractivity contribution in [1.29, 1.82) is 0 Å². The number of anilines is 2. The zero-order chi connectivity index (χ0) is 23.4. The molecule has 0 fully saturated rings. The maximum absolute atomic E-state index is 12.7. The fourth-order valence-electron chi connectivity index (χ4n) is 3.54. The molecule has 0 unspecified atom stereocenters. The summed E-state index contributed by atoms with van der Waals surface area (Å²) in [6, 6.07) is 20.0. The molecule has 1 heterocycles. The van der Waals surface area contributed by atoms with Crippen molar-refractivity contribution in [1.82, 2.24) is 5.32 Å². The summed E-state index contributed by atoms with van der Waals surface area (Å²) in [7, 11) is 0. The molecule has 3 aromatic rings. The Morgan fingerprint density at radius 3 is 2.12 bits per heavy atom. The summed E-state index contributed by atoms with van der Waals surface area (Å²) in [4.78, 5) is 50.6. The number of benzene rings is 3. The zero-order valence-corrected chi connectivity index (χ0v) is 18.3. The van der Waals surface area contributed by atoms with E-state index >= 15 is 0 Å². The number of nitrogens with one attached hydrogen (secondary N) is 2. The van der Waals surface area contributed by atoms with Crippen LogP contribution in [-0.2, 0) is 4.79 Å². The SMILES string of the molecule is O=C(CCCNC(=O)c1ccccc1)Nc1ccc(N2C(=O)c3ccccc3C2=O)c(Cl)c1. The van der Waals surface area contributed by atoms with Crippen molar-refractivity contribution in [2.75, 3.05) is 16.8 Å². The standard InChI is InChI=1S/C25H20ClN3O4/c26-20-15-17(28-22(30)11-6-14-27-23(31)16-7-2-1-3-8-16)12-13-21(20)29-24(32)18-9-4-5-10-19(18)25(29)33/h1-5,7-10,12-13,15H,6,11,14H2,(H,27,31)(H,28,30). The molecule has 1 aliphatic rings. The Bertz CT molecular complexity index is 1210. The highest BCUT2D eigenvalue weighted by molar-refractivity contribution is 6.40. The van der Waals surface area contributed by atoms with Crippen molar-refractivity contribution >= 4 is 46.6 Å². The van der Waals surface area contributed by atoms with Gasteiger partial charge in [-0.25, -0.2) is 4.90 Å². The predicted octanol–water partition coefficient (Wildman–Crippen LogP) is 4.29. The molecule has 0 bridgehead atoms. The molecule has 1 aliphatic heterocycles. The second-order valence-electron chi connectivity index (χ2n) is 7.43. The molecule has 0 aliphatic carbocycles. The minimum Gasteiger partial charge on any atom is -0.352 e. The number of halogens is 1. The summed E-state index contributed by atoms with van der Waals surface area (Å²) in [5.41, 5.74) is 1.92. The van der Waals surface area contributed by atoms with Crippen molar-refractivity contribution < 1.29 is 19.2 Å². The van der Waals surface area contributed by atoms with E-state index in [1.165, 1.54) is 12.1 Å². The van der Waals surface area contributed by atoms with Crippen LogP contribution in [0.1, 0.15) is 43.9 Å².